The van der Waals surface area contributed by atoms with Gasteiger partial charge in [-0.1, -0.05) is 12.1 Å². The second kappa shape index (κ2) is 7.35. The van der Waals surface area contributed by atoms with Crippen LogP contribution >= 0.6 is 0 Å². The molecule has 2 aromatic rings. The zero-order valence-electron chi connectivity index (χ0n) is 11.6. The molecule has 3 rings (SSSR count). The number of anilines is 2. The van der Waals surface area contributed by atoms with Crippen molar-refractivity contribution in [2.45, 2.75) is 0 Å². The van der Waals surface area contributed by atoms with E-state index in [4.69, 9.17) is 15.6 Å². The summed E-state index contributed by atoms with van der Waals surface area (Å²) in [5.41, 5.74) is 6.07. The van der Waals surface area contributed by atoms with E-state index >= 15 is 0 Å². The van der Waals surface area contributed by atoms with Gasteiger partial charge in [-0.25, -0.2) is 4.98 Å². The summed E-state index contributed by atoms with van der Waals surface area (Å²) in [4.78, 5) is 5.74. The predicted molar refractivity (Wildman–Crippen MR) is 81.5 cm³/mol. The van der Waals surface area contributed by atoms with Crippen LogP contribution in [0.3, 0.4) is 0 Å². The fourth-order valence-corrected chi connectivity index (χ4v) is 1.94. The lowest BCUT2D eigenvalue weighted by Crippen LogP contribution is -2.36. The van der Waals surface area contributed by atoms with E-state index in [9.17, 15) is 5.11 Å². The average Bonchev–Trinajstić information content (AvgIpc) is 2.52. The van der Waals surface area contributed by atoms with Gasteiger partial charge in [0.15, 0.2) is 11.6 Å². The number of aromatic nitrogens is 1. The average molecular weight is 289 g/mol. The van der Waals surface area contributed by atoms with E-state index in [1.807, 2.05) is 18.2 Å². The van der Waals surface area contributed by atoms with Crippen molar-refractivity contribution in [3.8, 4) is 11.5 Å². The smallest absolute Gasteiger partial charge is 0.165 e. The fourth-order valence-electron chi connectivity index (χ4n) is 1.94. The lowest BCUT2D eigenvalue weighted by molar-refractivity contribution is 0.122. The highest BCUT2D eigenvalue weighted by Crippen LogP contribution is 2.26. The van der Waals surface area contributed by atoms with Gasteiger partial charge in [0.2, 0.25) is 0 Å². The molecule has 1 aromatic carbocycles. The van der Waals surface area contributed by atoms with Gasteiger partial charge in [0.1, 0.15) is 5.75 Å². The number of phenolic OH excluding ortho intramolecular Hbond substituents is 1. The first-order chi connectivity index (χ1) is 10.2. The molecule has 0 aliphatic carbocycles. The SMILES string of the molecule is Nc1ncccc1O.Oc1ccccc1N1CCOCC1. The second-order valence-corrected chi connectivity index (χ2v) is 4.50. The number of nitrogen functional groups attached to an aromatic ring is 1. The van der Waals surface area contributed by atoms with Crippen LogP contribution in [-0.4, -0.2) is 41.5 Å². The van der Waals surface area contributed by atoms with E-state index in [2.05, 4.69) is 9.88 Å². The van der Waals surface area contributed by atoms with Gasteiger partial charge in [0, 0.05) is 19.3 Å². The fraction of sp³-hybridized carbons (Fsp3) is 0.267. The van der Waals surface area contributed by atoms with Gasteiger partial charge in [-0.05, 0) is 24.3 Å². The number of morpholine rings is 1. The number of aromatic hydroxyl groups is 2. The Labute approximate surface area is 123 Å². The maximum Gasteiger partial charge on any atom is 0.165 e. The molecule has 0 bridgehead atoms. The van der Waals surface area contributed by atoms with Gasteiger partial charge in [-0.3, -0.25) is 0 Å². The standard InChI is InChI=1S/C10H13NO2.C5H6N2O/c12-10-4-2-1-3-9(10)11-5-7-13-8-6-11;6-5-4(8)2-1-3-7-5/h1-4,12H,5-8H2;1-3,8H,(H2,6,7). The van der Waals surface area contributed by atoms with E-state index in [0.29, 0.717) is 5.75 Å². The molecular formula is C15H19N3O3. The number of benzene rings is 1. The molecule has 1 saturated heterocycles. The number of para-hydroxylation sites is 2. The summed E-state index contributed by atoms with van der Waals surface area (Å²) >= 11 is 0. The summed E-state index contributed by atoms with van der Waals surface area (Å²) in [7, 11) is 0. The Hall–Kier alpha value is -2.47. The third-order valence-corrected chi connectivity index (χ3v) is 3.05. The van der Waals surface area contributed by atoms with Crippen molar-refractivity contribution < 1.29 is 14.9 Å². The molecule has 0 radical (unpaired) electrons. The Morgan fingerprint density at radius 3 is 2.24 bits per heavy atom. The molecule has 1 aliphatic heterocycles. The molecule has 112 valence electrons. The van der Waals surface area contributed by atoms with Gasteiger partial charge in [0.05, 0.1) is 18.9 Å². The minimum absolute atomic E-state index is 0.0347. The number of nitrogens with zero attached hydrogens (tertiary/aromatic N) is 2. The van der Waals surface area contributed by atoms with E-state index in [-0.39, 0.29) is 11.6 Å². The summed E-state index contributed by atoms with van der Waals surface area (Å²) in [6.07, 6.45) is 1.52. The van der Waals surface area contributed by atoms with Gasteiger partial charge in [0.25, 0.3) is 0 Å². The lowest BCUT2D eigenvalue weighted by atomic mass is 10.2. The van der Waals surface area contributed by atoms with Crippen LogP contribution in [0.1, 0.15) is 0 Å². The zero-order valence-corrected chi connectivity index (χ0v) is 11.6. The third-order valence-electron chi connectivity index (χ3n) is 3.05. The van der Waals surface area contributed by atoms with Crippen LogP contribution in [0.5, 0.6) is 11.5 Å². The summed E-state index contributed by atoms with van der Waals surface area (Å²) in [5.74, 6) is 0.560. The molecule has 6 nitrogen and oxygen atoms in total. The first kappa shape index (κ1) is 14.9. The maximum absolute atomic E-state index is 9.58. The van der Waals surface area contributed by atoms with E-state index in [1.165, 1.54) is 12.3 Å². The van der Waals surface area contributed by atoms with Gasteiger partial charge >= 0.3 is 0 Å². The van der Waals surface area contributed by atoms with Crippen molar-refractivity contribution in [2.75, 3.05) is 36.9 Å². The van der Waals surface area contributed by atoms with E-state index in [0.717, 1.165) is 32.0 Å². The normalized spacial score (nSPS) is 14.2. The Kier molecular flexibility index (Phi) is 5.22. The molecular weight excluding hydrogens is 270 g/mol. The predicted octanol–water partition coefficient (Wildman–Crippen LogP) is 1.60. The molecule has 2 heterocycles. The van der Waals surface area contributed by atoms with E-state index < -0.39 is 0 Å². The molecule has 0 saturated carbocycles. The number of hydrogen-bond acceptors (Lipinski definition) is 6. The lowest BCUT2D eigenvalue weighted by Gasteiger charge is -2.29. The molecule has 4 N–H and O–H groups in total. The number of rotatable bonds is 1. The Morgan fingerprint density at radius 1 is 1.00 bits per heavy atom. The van der Waals surface area contributed by atoms with Crippen molar-refractivity contribution in [1.29, 1.82) is 0 Å². The van der Waals surface area contributed by atoms with Crippen LogP contribution in [0.2, 0.25) is 0 Å². The largest absolute Gasteiger partial charge is 0.506 e. The van der Waals surface area contributed by atoms with Crippen molar-refractivity contribution >= 4 is 11.5 Å². The summed E-state index contributed by atoms with van der Waals surface area (Å²) in [5, 5.41) is 18.3. The minimum atomic E-state index is 0.0347. The summed E-state index contributed by atoms with van der Waals surface area (Å²) < 4.78 is 5.24. The summed E-state index contributed by atoms with van der Waals surface area (Å²) in [6.45, 7) is 3.21. The van der Waals surface area contributed by atoms with E-state index in [1.54, 1.807) is 12.1 Å². The van der Waals surface area contributed by atoms with Crippen molar-refractivity contribution in [1.82, 2.24) is 4.98 Å². The first-order valence-electron chi connectivity index (χ1n) is 6.68. The van der Waals surface area contributed by atoms with Crippen molar-refractivity contribution in [3.05, 3.63) is 42.6 Å². The molecule has 0 atom stereocenters. The van der Waals surface area contributed by atoms with Gasteiger partial charge in [-0.15, -0.1) is 0 Å². The van der Waals surface area contributed by atoms with Crippen LogP contribution in [0.15, 0.2) is 42.6 Å². The zero-order chi connectivity index (χ0) is 15.1. The number of pyridine rings is 1. The Morgan fingerprint density at radius 2 is 1.67 bits per heavy atom. The minimum Gasteiger partial charge on any atom is -0.506 e. The van der Waals surface area contributed by atoms with Crippen LogP contribution in [0.4, 0.5) is 11.5 Å². The summed E-state index contributed by atoms with van der Waals surface area (Å²) in [6, 6.07) is 10.5. The molecule has 0 unspecified atom stereocenters. The van der Waals surface area contributed by atoms with Crippen LogP contribution < -0.4 is 10.6 Å². The number of phenols is 1. The second-order valence-electron chi connectivity index (χ2n) is 4.50. The molecule has 1 aliphatic rings. The quantitative estimate of drug-likeness (QED) is 0.738. The molecule has 1 aromatic heterocycles. The third kappa shape index (κ3) is 4.25. The molecule has 0 amide bonds. The number of hydrogen-bond donors (Lipinski definition) is 3. The Bertz CT molecular complexity index is 551. The highest BCUT2D eigenvalue weighted by Gasteiger charge is 2.13. The molecule has 1 fully saturated rings. The van der Waals surface area contributed by atoms with Crippen molar-refractivity contribution in [3.63, 3.8) is 0 Å². The van der Waals surface area contributed by atoms with Crippen LogP contribution in [0, 0.1) is 0 Å². The van der Waals surface area contributed by atoms with Crippen molar-refractivity contribution in [2.24, 2.45) is 0 Å². The number of ether oxygens (including phenoxy) is 1. The molecule has 0 spiro atoms. The first-order valence-corrected chi connectivity index (χ1v) is 6.68. The van der Waals surface area contributed by atoms with Crippen LogP contribution in [0.25, 0.3) is 0 Å². The highest BCUT2D eigenvalue weighted by molar-refractivity contribution is 5.57. The topological polar surface area (TPSA) is 91.8 Å². The van der Waals surface area contributed by atoms with Crippen LogP contribution in [-0.2, 0) is 4.74 Å². The Balaban J connectivity index is 0.000000173. The highest BCUT2D eigenvalue weighted by atomic mass is 16.5. The van der Waals surface area contributed by atoms with Gasteiger partial charge in [-0.2, -0.15) is 0 Å². The number of nitrogens with two attached hydrogens (primary N) is 1. The molecule has 6 heteroatoms. The maximum atomic E-state index is 9.58. The molecule has 21 heavy (non-hydrogen) atoms. The monoisotopic (exact) mass is 289 g/mol. The van der Waals surface area contributed by atoms with Gasteiger partial charge < -0.3 is 25.6 Å².